The molecule has 4 unspecified atom stereocenters. The van der Waals surface area contributed by atoms with Crippen LogP contribution in [0.4, 0.5) is 4.79 Å². The fourth-order valence-corrected chi connectivity index (χ4v) is 5.67. The minimum Gasteiger partial charge on any atom is -0.481 e. The molecule has 8 nitrogen and oxygen atoms in total. The van der Waals surface area contributed by atoms with E-state index in [1.165, 1.54) is 22.3 Å². The number of benzene rings is 2. The molecule has 4 atom stereocenters. The Bertz CT molecular complexity index is 1070. The van der Waals surface area contributed by atoms with E-state index < -0.39 is 24.0 Å². The van der Waals surface area contributed by atoms with Gasteiger partial charge in [0.2, 0.25) is 5.91 Å². The third-order valence-corrected chi connectivity index (χ3v) is 7.43. The normalized spacial score (nSPS) is 25.0. The summed E-state index contributed by atoms with van der Waals surface area (Å²) in [7, 11) is 0. The number of aliphatic carboxylic acids is 1. The van der Waals surface area contributed by atoms with Gasteiger partial charge in [-0.2, -0.15) is 0 Å². The second-order valence-corrected chi connectivity index (χ2v) is 9.71. The lowest BCUT2D eigenvalue weighted by atomic mass is 9.98. The maximum absolute atomic E-state index is 12.6. The first-order valence-corrected chi connectivity index (χ1v) is 12.2. The zero-order chi connectivity index (χ0) is 24.4. The number of hydrogen-bond acceptors (Lipinski definition) is 5. The quantitative estimate of drug-likeness (QED) is 0.563. The smallest absolute Gasteiger partial charge is 0.407 e. The highest BCUT2D eigenvalue weighted by Gasteiger charge is 2.36. The number of fused-ring (bicyclic) bond motifs is 3. The van der Waals surface area contributed by atoms with Crippen molar-refractivity contribution in [3.8, 4) is 11.1 Å². The lowest BCUT2D eigenvalue weighted by Gasteiger charge is -2.18. The zero-order valence-corrected chi connectivity index (χ0v) is 19.4. The average molecular weight is 479 g/mol. The molecule has 1 saturated heterocycles. The molecule has 0 aromatic heterocycles. The largest absolute Gasteiger partial charge is 0.481 e. The second-order valence-electron chi connectivity index (χ2n) is 9.71. The van der Waals surface area contributed by atoms with Crippen LogP contribution in [-0.4, -0.2) is 55.0 Å². The van der Waals surface area contributed by atoms with E-state index in [2.05, 4.69) is 34.9 Å². The second kappa shape index (κ2) is 10.1. The first-order chi connectivity index (χ1) is 17.0. The van der Waals surface area contributed by atoms with Gasteiger partial charge in [-0.3, -0.25) is 9.59 Å². The number of ether oxygens (including phenoxy) is 2. The summed E-state index contributed by atoms with van der Waals surface area (Å²) >= 11 is 0. The first kappa shape index (κ1) is 23.4. The molecule has 2 amide bonds. The van der Waals surface area contributed by atoms with Crippen LogP contribution in [0.1, 0.15) is 42.7 Å². The number of carboxylic acid groups (broad SMARTS) is 1. The molecule has 0 spiro atoms. The van der Waals surface area contributed by atoms with E-state index in [0.29, 0.717) is 12.8 Å². The van der Waals surface area contributed by atoms with Gasteiger partial charge < -0.3 is 25.2 Å². The molecule has 8 heteroatoms. The maximum Gasteiger partial charge on any atom is 0.407 e. The summed E-state index contributed by atoms with van der Waals surface area (Å²) in [5.41, 5.74) is 4.72. The summed E-state index contributed by atoms with van der Waals surface area (Å²) in [5, 5.41) is 15.0. The van der Waals surface area contributed by atoms with Crippen LogP contribution in [0.2, 0.25) is 0 Å². The van der Waals surface area contributed by atoms with Gasteiger partial charge in [-0.1, -0.05) is 48.5 Å². The molecule has 5 rings (SSSR count). The monoisotopic (exact) mass is 478 g/mol. The van der Waals surface area contributed by atoms with E-state index >= 15 is 0 Å². The molecule has 2 aromatic carbocycles. The van der Waals surface area contributed by atoms with E-state index in [0.717, 1.165) is 12.8 Å². The van der Waals surface area contributed by atoms with E-state index in [1.807, 2.05) is 24.3 Å². The number of carbonyl (C=O) groups is 3. The Morgan fingerprint density at radius 3 is 2.31 bits per heavy atom. The minimum atomic E-state index is -0.957. The maximum atomic E-state index is 12.6. The number of hydrogen-bond donors (Lipinski definition) is 3. The fraction of sp³-hybridized carbons (Fsp3) is 0.444. The number of carbonyl (C=O) groups excluding carboxylic acids is 2. The van der Waals surface area contributed by atoms with Crippen LogP contribution in [0.25, 0.3) is 11.1 Å². The molecule has 3 N–H and O–H groups in total. The van der Waals surface area contributed by atoms with Crippen molar-refractivity contribution < 1.29 is 29.0 Å². The molecule has 2 aromatic rings. The van der Waals surface area contributed by atoms with Crippen LogP contribution in [0.15, 0.2) is 48.5 Å². The Hall–Kier alpha value is -3.39. The number of nitrogens with one attached hydrogen (secondary N) is 2. The SMILES string of the molecule is O=C(CC1CCC(NC(=O)OCC2c3ccccc3-c3ccccc32)C1)NC1COCC1C(=O)O. The van der Waals surface area contributed by atoms with Gasteiger partial charge in [0.1, 0.15) is 12.5 Å². The summed E-state index contributed by atoms with van der Waals surface area (Å²) in [6.45, 7) is 0.613. The van der Waals surface area contributed by atoms with Gasteiger partial charge in [-0.25, -0.2) is 4.79 Å². The van der Waals surface area contributed by atoms with Crippen molar-refractivity contribution in [3.63, 3.8) is 0 Å². The van der Waals surface area contributed by atoms with Gasteiger partial charge >= 0.3 is 12.1 Å². The minimum absolute atomic E-state index is 0.0161. The third kappa shape index (κ3) is 5.03. The molecule has 0 bridgehead atoms. The molecular formula is C27H30N2O6. The molecule has 3 aliphatic rings. The average Bonchev–Trinajstić information content (AvgIpc) is 3.56. The predicted octanol–water partition coefficient (Wildman–Crippen LogP) is 3.30. The highest BCUT2D eigenvalue weighted by Crippen LogP contribution is 2.44. The van der Waals surface area contributed by atoms with Crippen molar-refractivity contribution in [1.29, 1.82) is 0 Å². The lowest BCUT2D eigenvalue weighted by molar-refractivity contribution is -0.142. The summed E-state index contributed by atoms with van der Waals surface area (Å²) in [4.78, 5) is 36.2. The Morgan fingerprint density at radius 1 is 0.943 bits per heavy atom. The lowest BCUT2D eigenvalue weighted by Crippen LogP contribution is -2.43. The summed E-state index contributed by atoms with van der Waals surface area (Å²) < 4.78 is 10.8. The van der Waals surface area contributed by atoms with Crippen LogP contribution in [0, 0.1) is 11.8 Å². The number of alkyl carbamates (subject to hydrolysis) is 1. The van der Waals surface area contributed by atoms with Crippen LogP contribution >= 0.6 is 0 Å². The Labute approximate surface area is 204 Å². The van der Waals surface area contributed by atoms with Crippen molar-refractivity contribution in [2.75, 3.05) is 19.8 Å². The van der Waals surface area contributed by atoms with Crippen LogP contribution in [-0.2, 0) is 19.1 Å². The summed E-state index contributed by atoms with van der Waals surface area (Å²) in [6.07, 6.45) is 2.18. The Kier molecular flexibility index (Phi) is 6.72. The van der Waals surface area contributed by atoms with Gasteiger partial charge in [0.15, 0.2) is 0 Å². The van der Waals surface area contributed by atoms with E-state index in [1.54, 1.807) is 0 Å². The molecule has 0 radical (unpaired) electrons. The van der Waals surface area contributed by atoms with Crippen molar-refractivity contribution >= 4 is 18.0 Å². The molecule has 2 fully saturated rings. The zero-order valence-electron chi connectivity index (χ0n) is 19.4. The molecule has 1 heterocycles. The number of amides is 2. The predicted molar refractivity (Wildman–Crippen MR) is 128 cm³/mol. The van der Waals surface area contributed by atoms with Gasteiger partial charge in [0.25, 0.3) is 0 Å². The molecular weight excluding hydrogens is 448 g/mol. The van der Waals surface area contributed by atoms with Crippen molar-refractivity contribution in [1.82, 2.24) is 10.6 Å². The summed E-state index contributed by atoms with van der Waals surface area (Å²) in [6, 6.07) is 15.9. The van der Waals surface area contributed by atoms with Gasteiger partial charge in [0, 0.05) is 18.4 Å². The Morgan fingerprint density at radius 2 is 1.63 bits per heavy atom. The molecule has 1 aliphatic heterocycles. The summed E-state index contributed by atoms with van der Waals surface area (Å²) in [5.74, 6) is -1.67. The molecule has 184 valence electrons. The van der Waals surface area contributed by atoms with E-state index in [-0.39, 0.29) is 43.6 Å². The molecule has 35 heavy (non-hydrogen) atoms. The molecule has 2 aliphatic carbocycles. The van der Waals surface area contributed by atoms with E-state index in [9.17, 15) is 19.5 Å². The third-order valence-electron chi connectivity index (χ3n) is 7.43. The van der Waals surface area contributed by atoms with Crippen LogP contribution < -0.4 is 10.6 Å². The molecule has 1 saturated carbocycles. The standard InChI is InChI=1S/C27H30N2O6/c30-25(29-24-15-34-13-23(24)26(31)32)12-16-9-10-17(11-16)28-27(33)35-14-22-20-7-3-1-5-18(20)19-6-2-4-8-21(19)22/h1-8,16-17,22-24H,9-15H2,(H,28,33)(H,29,30)(H,31,32). The number of rotatable bonds is 7. The Balaban J connectivity index is 1.09. The topological polar surface area (TPSA) is 114 Å². The first-order valence-electron chi connectivity index (χ1n) is 12.2. The van der Waals surface area contributed by atoms with Crippen LogP contribution in [0.3, 0.4) is 0 Å². The van der Waals surface area contributed by atoms with Crippen molar-refractivity contribution in [3.05, 3.63) is 59.7 Å². The van der Waals surface area contributed by atoms with Gasteiger partial charge in [-0.05, 0) is 47.4 Å². The van der Waals surface area contributed by atoms with Gasteiger partial charge in [-0.15, -0.1) is 0 Å². The fourth-order valence-electron chi connectivity index (χ4n) is 5.67. The van der Waals surface area contributed by atoms with Crippen LogP contribution in [0.5, 0.6) is 0 Å². The highest BCUT2D eigenvalue weighted by atomic mass is 16.5. The highest BCUT2D eigenvalue weighted by molar-refractivity contribution is 5.79. The van der Waals surface area contributed by atoms with Gasteiger partial charge in [0.05, 0.1) is 19.3 Å². The van der Waals surface area contributed by atoms with E-state index in [4.69, 9.17) is 9.47 Å². The number of carboxylic acids is 1. The van der Waals surface area contributed by atoms with Crippen molar-refractivity contribution in [2.45, 2.75) is 43.7 Å². The van der Waals surface area contributed by atoms with Crippen molar-refractivity contribution in [2.24, 2.45) is 11.8 Å².